The van der Waals surface area contributed by atoms with Crippen LogP contribution in [-0.2, 0) is 19.1 Å². The number of ketones is 1. The number of carbonyl (C=O) groups excluding carboxylic acids is 3. The number of rotatable bonds is 18. The van der Waals surface area contributed by atoms with Gasteiger partial charge in [-0.2, -0.15) is 0 Å². The molecule has 0 atom stereocenters. The third-order valence-electron chi connectivity index (χ3n) is 4.49. The molecule has 0 spiro atoms. The lowest BCUT2D eigenvalue weighted by Gasteiger charge is -2.04. The standard InChI is InChI=1S/C22H35N3O5/c1-23-21(28)19(26)14-12-10-8-6-4-2-3-5-7-9-11-13-16-29-18-20(27)25-22-24-15-17-30-22/h2,4,15,17H,3,5-14,16,18H2,1H3,(H,23,28)(H,24,25,27)/b4-2-. The zero-order valence-electron chi connectivity index (χ0n) is 18.0. The minimum Gasteiger partial charge on any atom is -0.432 e. The van der Waals surface area contributed by atoms with E-state index >= 15 is 0 Å². The van der Waals surface area contributed by atoms with E-state index in [0.717, 1.165) is 44.9 Å². The fourth-order valence-corrected chi connectivity index (χ4v) is 2.82. The van der Waals surface area contributed by atoms with Crippen molar-refractivity contribution >= 4 is 23.6 Å². The van der Waals surface area contributed by atoms with Crippen molar-refractivity contribution in [3.05, 3.63) is 24.6 Å². The van der Waals surface area contributed by atoms with Crippen LogP contribution in [0.15, 0.2) is 29.0 Å². The molecule has 0 aliphatic carbocycles. The highest BCUT2D eigenvalue weighted by atomic mass is 16.5. The van der Waals surface area contributed by atoms with Crippen molar-refractivity contribution in [2.24, 2.45) is 0 Å². The van der Waals surface area contributed by atoms with Crippen LogP contribution in [0.4, 0.5) is 6.01 Å². The van der Waals surface area contributed by atoms with E-state index in [1.54, 1.807) is 0 Å². The molecule has 8 nitrogen and oxygen atoms in total. The number of Topliss-reactive ketones (excluding diaryl/α,β-unsaturated/α-hetero) is 1. The summed E-state index contributed by atoms with van der Waals surface area (Å²) in [6.07, 6.45) is 18.1. The zero-order chi connectivity index (χ0) is 21.9. The van der Waals surface area contributed by atoms with E-state index in [4.69, 9.17) is 9.15 Å². The lowest BCUT2D eigenvalue weighted by molar-refractivity contribution is -0.137. The van der Waals surface area contributed by atoms with Gasteiger partial charge in [0.25, 0.3) is 11.8 Å². The Balaban J connectivity index is 1.80. The van der Waals surface area contributed by atoms with E-state index in [0.29, 0.717) is 13.0 Å². The Labute approximate surface area is 178 Å². The van der Waals surface area contributed by atoms with Crippen LogP contribution in [0, 0.1) is 0 Å². The number of anilines is 1. The van der Waals surface area contributed by atoms with E-state index < -0.39 is 5.91 Å². The molecule has 168 valence electrons. The van der Waals surface area contributed by atoms with E-state index in [2.05, 4.69) is 27.8 Å². The molecule has 0 aliphatic rings. The summed E-state index contributed by atoms with van der Waals surface area (Å²) in [4.78, 5) is 37.7. The molecule has 0 fully saturated rings. The SMILES string of the molecule is CNC(=O)C(=O)CCCCC/C=C\CCCCCCCOCC(=O)Nc1ncco1. The molecule has 0 saturated carbocycles. The first-order valence-corrected chi connectivity index (χ1v) is 10.8. The molecule has 1 rings (SSSR count). The number of amides is 2. The Hall–Kier alpha value is -2.48. The maximum Gasteiger partial charge on any atom is 0.301 e. The van der Waals surface area contributed by atoms with Crippen LogP contribution in [0.3, 0.4) is 0 Å². The second-order valence-electron chi connectivity index (χ2n) is 7.07. The molecule has 0 unspecified atom stereocenters. The topological polar surface area (TPSA) is 111 Å². The fourth-order valence-electron chi connectivity index (χ4n) is 2.82. The average Bonchev–Trinajstić information content (AvgIpc) is 3.25. The quantitative estimate of drug-likeness (QED) is 0.212. The minimum atomic E-state index is -0.492. The zero-order valence-corrected chi connectivity index (χ0v) is 18.0. The summed E-state index contributed by atoms with van der Waals surface area (Å²) >= 11 is 0. The molecule has 0 saturated heterocycles. The molecular formula is C22H35N3O5. The highest BCUT2D eigenvalue weighted by molar-refractivity contribution is 6.36. The van der Waals surface area contributed by atoms with E-state index in [9.17, 15) is 14.4 Å². The predicted molar refractivity (Wildman–Crippen MR) is 115 cm³/mol. The maximum absolute atomic E-state index is 11.5. The summed E-state index contributed by atoms with van der Waals surface area (Å²) < 4.78 is 10.3. The molecule has 0 aliphatic heterocycles. The predicted octanol–water partition coefficient (Wildman–Crippen LogP) is 3.79. The summed E-state index contributed by atoms with van der Waals surface area (Å²) in [5, 5.41) is 4.86. The largest absolute Gasteiger partial charge is 0.432 e. The number of aromatic nitrogens is 1. The van der Waals surface area contributed by atoms with Gasteiger partial charge in [0.15, 0.2) is 0 Å². The summed E-state index contributed by atoms with van der Waals surface area (Å²) in [5.74, 6) is -1.08. The van der Waals surface area contributed by atoms with Crippen molar-refractivity contribution in [2.75, 3.05) is 25.6 Å². The molecule has 8 heteroatoms. The van der Waals surface area contributed by atoms with Crippen LogP contribution in [0.1, 0.15) is 70.6 Å². The van der Waals surface area contributed by atoms with Gasteiger partial charge >= 0.3 is 6.01 Å². The van der Waals surface area contributed by atoms with E-state index in [1.165, 1.54) is 38.8 Å². The first-order valence-electron chi connectivity index (χ1n) is 10.8. The Morgan fingerprint density at radius 1 is 1.00 bits per heavy atom. The van der Waals surface area contributed by atoms with Crippen molar-refractivity contribution in [1.82, 2.24) is 10.3 Å². The van der Waals surface area contributed by atoms with Crippen LogP contribution in [0.5, 0.6) is 0 Å². The van der Waals surface area contributed by atoms with Gasteiger partial charge in [-0.05, 0) is 38.5 Å². The van der Waals surface area contributed by atoms with Crippen molar-refractivity contribution < 1.29 is 23.5 Å². The van der Waals surface area contributed by atoms with Gasteiger partial charge in [0.1, 0.15) is 12.9 Å². The number of allylic oxidation sites excluding steroid dienone is 2. The van der Waals surface area contributed by atoms with Crippen molar-refractivity contribution in [3.63, 3.8) is 0 Å². The number of ether oxygens (including phenoxy) is 1. The van der Waals surface area contributed by atoms with Gasteiger partial charge in [-0.15, -0.1) is 0 Å². The molecule has 0 aromatic carbocycles. The highest BCUT2D eigenvalue weighted by Gasteiger charge is 2.09. The lowest BCUT2D eigenvalue weighted by atomic mass is 10.1. The van der Waals surface area contributed by atoms with Crippen LogP contribution in [0.25, 0.3) is 0 Å². The van der Waals surface area contributed by atoms with Crippen LogP contribution in [0.2, 0.25) is 0 Å². The summed E-state index contributed by atoms with van der Waals surface area (Å²) in [7, 11) is 1.48. The summed E-state index contributed by atoms with van der Waals surface area (Å²) in [5.41, 5.74) is 0. The first-order chi connectivity index (χ1) is 14.6. The minimum absolute atomic E-state index is 0.0115. The van der Waals surface area contributed by atoms with Crippen LogP contribution < -0.4 is 10.6 Å². The number of nitrogens with zero attached hydrogens (tertiary/aromatic N) is 1. The molecular weight excluding hydrogens is 386 g/mol. The highest BCUT2D eigenvalue weighted by Crippen LogP contribution is 2.08. The van der Waals surface area contributed by atoms with Gasteiger partial charge in [0, 0.05) is 20.1 Å². The molecule has 1 aromatic rings. The fraction of sp³-hybridized carbons (Fsp3) is 0.636. The lowest BCUT2D eigenvalue weighted by Crippen LogP contribution is -2.27. The van der Waals surface area contributed by atoms with Gasteiger partial charge < -0.3 is 14.5 Å². The number of carbonyl (C=O) groups is 3. The molecule has 1 aromatic heterocycles. The van der Waals surface area contributed by atoms with Gasteiger partial charge in [0.05, 0.1) is 6.20 Å². The van der Waals surface area contributed by atoms with Gasteiger partial charge in [-0.25, -0.2) is 4.98 Å². The Morgan fingerprint density at radius 3 is 2.33 bits per heavy atom. The number of nitrogens with one attached hydrogen (secondary N) is 2. The molecule has 1 heterocycles. The Kier molecular flexibility index (Phi) is 14.8. The Morgan fingerprint density at radius 2 is 1.67 bits per heavy atom. The van der Waals surface area contributed by atoms with Crippen LogP contribution >= 0.6 is 0 Å². The van der Waals surface area contributed by atoms with Gasteiger partial charge in [0.2, 0.25) is 5.78 Å². The number of oxazole rings is 1. The average molecular weight is 422 g/mol. The summed E-state index contributed by atoms with van der Waals surface area (Å²) in [6, 6.07) is 0.187. The van der Waals surface area contributed by atoms with Gasteiger partial charge in [-0.1, -0.05) is 37.8 Å². The van der Waals surface area contributed by atoms with Crippen molar-refractivity contribution in [2.45, 2.75) is 70.6 Å². The number of likely N-dealkylation sites (N-methyl/N-ethyl adjacent to an activating group) is 1. The number of hydrogen-bond acceptors (Lipinski definition) is 6. The van der Waals surface area contributed by atoms with Crippen molar-refractivity contribution in [3.8, 4) is 0 Å². The maximum atomic E-state index is 11.5. The van der Waals surface area contributed by atoms with Gasteiger partial charge in [-0.3, -0.25) is 19.7 Å². The normalized spacial score (nSPS) is 11.0. The van der Waals surface area contributed by atoms with E-state index in [-0.39, 0.29) is 24.3 Å². The van der Waals surface area contributed by atoms with Crippen molar-refractivity contribution in [1.29, 1.82) is 0 Å². The van der Waals surface area contributed by atoms with Crippen LogP contribution in [-0.4, -0.2) is 42.8 Å². The molecule has 0 bridgehead atoms. The molecule has 2 N–H and O–H groups in total. The molecule has 30 heavy (non-hydrogen) atoms. The molecule has 2 amide bonds. The number of unbranched alkanes of at least 4 members (excludes halogenated alkanes) is 8. The second-order valence-corrected chi connectivity index (χ2v) is 7.07. The third kappa shape index (κ3) is 13.7. The smallest absolute Gasteiger partial charge is 0.301 e. The third-order valence-corrected chi connectivity index (χ3v) is 4.49. The van der Waals surface area contributed by atoms with E-state index in [1.807, 2.05) is 0 Å². The molecule has 0 radical (unpaired) electrons. The first kappa shape index (κ1) is 25.6. The monoisotopic (exact) mass is 421 g/mol. The Bertz CT molecular complexity index is 629. The number of hydrogen-bond donors (Lipinski definition) is 2. The summed E-state index contributed by atoms with van der Waals surface area (Å²) in [6.45, 7) is 0.588. The second kappa shape index (κ2) is 17.4.